The van der Waals surface area contributed by atoms with Gasteiger partial charge in [0.2, 0.25) is 5.91 Å². The molecule has 5 nitrogen and oxygen atoms in total. The minimum Gasteiger partial charge on any atom is -0.398 e. The number of aryl methyl sites for hydroxylation is 1. The Morgan fingerprint density at radius 3 is 2.88 bits per heavy atom. The van der Waals surface area contributed by atoms with Crippen LogP contribution in [0.1, 0.15) is 5.56 Å². The highest BCUT2D eigenvalue weighted by molar-refractivity contribution is 5.80. The average molecular weight is 237 g/mol. The number of benzene rings is 1. The molecule has 0 saturated carbocycles. The standard InChI is InChI=1S/C12H19N3O2/c1-9-3-4-10(7-11(9)13)15-8-12(16)14-5-6-17-2/h3-4,7,15H,5-6,8,13H2,1-2H3,(H,14,16). The number of carbonyl (C=O) groups is 1. The summed E-state index contributed by atoms with van der Waals surface area (Å²) in [5.41, 5.74) is 8.36. The van der Waals surface area contributed by atoms with Crippen molar-refractivity contribution in [2.75, 3.05) is 37.9 Å². The Hall–Kier alpha value is -1.75. The zero-order valence-corrected chi connectivity index (χ0v) is 10.2. The fourth-order valence-electron chi connectivity index (χ4n) is 1.29. The van der Waals surface area contributed by atoms with Crippen LogP contribution >= 0.6 is 0 Å². The van der Waals surface area contributed by atoms with Crippen LogP contribution in [0.25, 0.3) is 0 Å². The lowest BCUT2D eigenvalue weighted by Crippen LogP contribution is -2.32. The molecule has 1 amide bonds. The van der Waals surface area contributed by atoms with Crippen molar-refractivity contribution < 1.29 is 9.53 Å². The molecule has 0 heterocycles. The third-order valence-electron chi connectivity index (χ3n) is 2.36. The summed E-state index contributed by atoms with van der Waals surface area (Å²) in [5, 5.41) is 5.73. The molecule has 0 aliphatic rings. The smallest absolute Gasteiger partial charge is 0.239 e. The molecule has 5 heteroatoms. The highest BCUT2D eigenvalue weighted by Crippen LogP contribution is 2.16. The number of ether oxygens (including phenoxy) is 1. The van der Waals surface area contributed by atoms with E-state index in [-0.39, 0.29) is 12.5 Å². The first kappa shape index (κ1) is 13.3. The first-order valence-corrected chi connectivity index (χ1v) is 5.49. The lowest BCUT2D eigenvalue weighted by atomic mass is 10.2. The summed E-state index contributed by atoms with van der Waals surface area (Å²) in [6.07, 6.45) is 0. The van der Waals surface area contributed by atoms with E-state index in [1.807, 2.05) is 25.1 Å². The second-order valence-corrected chi connectivity index (χ2v) is 3.77. The predicted molar refractivity (Wildman–Crippen MR) is 69.0 cm³/mol. The lowest BCUT2D eigenvalue weighted by molar-refractivity contribution is -0.119. The van der Waals surface area contributed by atoms with E-state index >= 15 is 0 Å². The lowest BCUT2D eigenvalue weighted by Gasteiger charge is -2.09. The molecule has 1 aromatic rings. The van der Waals surface area contributed by atoms with Crippen molar-refractivity contribution in [3.8, 4) is 0 Å². The van der Waals surface area contributed by atoms with Gasteiger partial charge in [0.1, 0.15) is 0 Å². The maximum atomic E-state index is 11.4. The summed E-state index contributed by atoms with van der Waals surface area (Å²) in [4.78, 5) is 11.4. The normalized spacial score (nSPS) is 10.0. The molecular weight excluding hydrogens is 218 g/mol. The van der Waals surface area contributed by atoms with Crippen LogP contribution < -0.4 is 16.4 Å². The number of nitrogen functional groups attached to an aromatic ring is 1. The summed E-state index contributed by atoms with van der Waals surface area (Å²) in [7, 11) is 1.60. The quantitative estimate of drug-likeness (QED) is 0.504. The summed E-state index contributed by atoms with van der Waals surface area (Å²) < 4.78 is 4.83. The third kappa shape index (κ3) is 4.74. The van der Waals surface area contributed by atoms with Crippen LogP contribution in [0.4, 0.5) is 11.4 Å². The van der Waals surface area contributed by atoms with Gasteiger partial charge < -0.3 is 21.1 Å². The number of nitrogens with two attached hydrogens (primary N) is 1. The fraction of sp³-hybridized carbons (Fsp3) is 0.417. The van der Waals surface area contributed by atoms with E-state index in [9.17, 15) is 4.79 Å². The second-order valence-electron chi connectivity index (χ2n) is 3.77. The van der Waals surface area contributed by atoms with Crippen LogP contribution in [-0.2, 0) is 9.53 Å². The Labute approximate surface area is 101 Å². The fourth-order valence-corrected chi connectivity index (χ4v) is 1.29. The molecular formula is C12H19N3O2. The topological polar surface area (TPSA) is 76.4 Å². The molecule has 17 heavy (non-hydrogen) atoms. The maximum absolute atomic E-state index is 11.4. The van der Waals surface area contributed by atoms with Crippen LogP contribution in [0, 0.1) is 6.92 Å². The van der Waals surface area contributed by atoms with E-state index in [1.165, 1.54) is 0 Å². The molecule has 0 bridgehead atoms. The number of anilines is 2. The average Bonchev–Trinajstić information content (AvgIpc) is 2.31. The van der Waals surface area contributed by atoms with Crippen LogP contribution in [0.15, 0.2) is 18.2 Å². The van der Waals surface area contributed by atoms with Crippen molar-refractivity contribution in [1.82, 2.24) is 5.32 Å². The Morgan fingerprint density at radius 2 is 2.24 bits per heavy atom. The van der Waals surface area contributed by atoms with Crippen LogP contribution in [-0.4, -0.2) is 32.7 Å². The number of methoxy groups -OCH3 is 1. The first-order chi connectivity index (χ1) is 8.13. The number of hydrogen-bond acceptors (Lipinski definition) is 4. The number of nitrogens with one attached hydrogen (secondary N) is 2. The summed E-state index contributed by atoms with van der Waals surface area (Å²) in [6, 6.07) is 5.63. The SMILES string of the molecule is COCCNC(=O)CNc1ccc(C)c(N)c1. The van der Waals surface area contributed by atoms with Gasteiger partial charge in [0, 0.05) is 25.0 Å². The van der Waals surface area contributed by atoms with E-state index in [0.717, 1.165) is 16.9 Å². The molecule has 0 fully saturated rings. The Bertz CT molecular complexity index is 380. The van der Waals surface area contributed by atoms with Crippen molar-refractivity contribution in [3.63, 3.8) is 0 Å². The van der Waals surface area contributed by atoms with Gasteiger partial charge in [-0.05, 0) is 24.6 Å². The molecule has 0 spiro atoms. The van der Waals surface area contributed by atoms with E-state index in [0.29, 0.717) is 13.2 Å². The molecule has 0 aromatic heterocycles. The van der Waals surface area contributed by atoms with E-state index in [1.54, 1.807) is 7.11 Å². The van der Waals surface area contributed by atoms with Gasteiger partial charge in [0.05, 0.1) is 13.2 Å². The van der Waals surface area contributed by atoms with Crippen molar-refractivity contribution in [2.45, 2.75) is 6.92 Å². The molecule has 1 aromatic carbocycles. The third-order valence-corrected chi connectivity index (χ3v) is 2.36. The highest BCUT2D eigenvalue weighted by atomic mass is 16.5. The molecule has 0 radical (unpaired) electrons. The van der Waals surface area contributed by atoms with Gasteiger partial charge in [-0.15, -0.1) is 0 Å². The predicted octanol–water partition coefficient (Wildman–Crippen LogP) is 0.752. The Balaban J connectivity index is 2.34. The molecule has 0 unspecified atom stereocenters. The largest absolute Gasteiger partial charge is 0.398 e. The number of hydrogen-bond donors (Lipinski definition) is 3. The van der Waals surface area contributed by atoms with E-state index in [4.69, 9.17) is 10.5 Å². The number of amides is 1. The van der Waals surface area contributed by atoms with Gasteiger partial charge in [0.15, 0.2) is 0 Å². The van der Waals surface area contributed by atoms with E-state index < -0.39 is 0 Å². The summed E-state index contributed by atoms with van der Waals surface area (Å²) in [6.45, 7) is 3.21. The molecule has 0 saturated heterocycles. The van der Waals surface area contributed by atoms with Crippen molar-refractivity contribution in [1.29, 1.82) is 0 Å². The zero-order chi connectivity index (χ0) is 12.7. The highest BCUT2D eigenvalue weighted by Gasteiger charge is 2.01. The number of rotatable bonds is 6. The maximum Gasteiger partial charge on any atom is 0.239 e. The zero-order valence-electron chi connectivity index (χ0n) is 10.2. The molecule has 94 valence electrons. The minimum absolute atomic E-state index is 0.0683. The molecule has 1 rings (SSSR count). The summed E-state index contributed by atoms with van der Waals surface area (Å²) in [5.74, 6) is -0.0683. The Morgan fingerprint density at radius 1 is 1.47 bits per heavy atom. The molecule has 0 atom stereocenters. The van der Waals surface area contributed by atoms with Gasteiger partial charge in [-0.3, -0.25) is 4.79 Å². The number of carbonyl (C=O) groups excluding carboxylic acids is 1. The molecule has 0 aliphatic carbocycles. The first-order valence-electron chi connectivity index (χ1n) is 5.49. The van der Waals surface area contributed by atoms with Crippen molar-refractivity contribution >= 4 is 17.3 Å². The second kappa shape index (κ2) is 6.75. The molecule has 4 N–H and O–H groups in total. The van der Waals surface area contributed by atoms with Crippen LogP contribution in [0.2, 0.25) is 0 Å². The van der Waals surface area contributed by atoms with E-state index in [2.05, 4.69) is 10.6 Å². The van der Waals surface area contributed by atoms with Crippen LogP contribution in [0.3, 0.4) is 0 Å². The van der Waals surface area contributed by atoms with Crippen LogP contribution in [0.5, 0.6) is 0 Å². The molecule has 0 aliphatic heterocycles. The van der Waals surface area contributed by atoms with Gasteiger partial charge in [-0.25, -0.2) is 0 Å². The Kier molecular flexibility index (Phi) is 5.29. The summed E-state index contributed by atoms with van der Waals surface area (Å²) >= 11 is 0. The monoisotopic (exact) mass is 237 g/mol. The van der Waals surface area contributed by atoms with Crippen molar-refractivity contribution in [2.24, 2.45) is 0 Å². The van der Waals surface area contributed by atoms with Gasteiger partial charge in [-0.2, -0.15) is 0 Å². The van der Waals surface area contributed by atoms with Crippen molar-refractivity contribution in [3.05, 3.63) is 23.8 Å². The minimum atomic E-state index is -0.0683. The van der Waals surface area contributed by atoms with Gasteiger partial charge >= 0.3 is 0 Å². The van der Waals surface area contributed by atoms with Gasteiger partial charge in [0.25, 0.3) is 0 Å². The van der Waals surface area contributed by atoms with Gasteiger partial charge in [-0.1, -0.05) is 6.07 Å².